The predicted molar refractivity (Wildman–Crippen MR) is 77.7 cm³/mol. The maximum Gasteiger partial charge on any atom is 0.0590 e. The summed E-state index contributed by atoms with van der Waals surface area (Å²) in [5.41, 5.74) is 6.29. The first-order valence-corrected chi connectivity index (χ1v) is 8.15. The van der Waals surface area contributed by atoms with Gasteiger partial charge in [-0.15, -0.1) is 11.3 Å². The molecule has 0 aliphatic heterocycles. The van der Waals surface area contributed by atoms with E-state index in [0.717, 1.165) is 11.8 Å². The van der Waals surface area contributed by atoms with Crippen LogP contribution in [0, 0.1) is 11.8 Å². The third-order valence-corrected chi connectivity index (χ3v) is 5.05. The van der Waals surface area contributed by atoms with Gasteiger partial charge in [0, 0.05) is 24.0 Å². The van der Waals surface area contributed by atoms with Gasteiger partial charge in [0.1, 0.15) is 0 Å². The van der Waals surface area contributed by atoms with E-state index in [9.17, 15) is 0 Å². The van der Waals surface area contributed by atoms with Crippen molar-refractivity contribution in [3.05, 3.63) is 22.4 Å². The van der Waals surface area contributed by atoms with Crippen LogP contribution in [0.5, 0.6) is 0 Å². The normalized spacial score (nSPS) is 23.3. The molecule has 18 heavy (non-hydrogen) atoms. The van der Waals surface area contributed by atoms with Crippen molar-refractivity contribution in [1.29, 1.82) is 0 Å². The molecule has 2 saturated carbocycles. The van der Waals surface area contributed by atoms with Gasteiger partial charge in [-0.25, -0.2) is 0 Å². The molecule has 2 atom stereocenters. The van der Waals surface area contributed by atoms with Crippen molar-refractivity contribution in [1.82, 2.24) is 4.90 Å². The Hall–Kier alpha value is -0.380. The largest absolute Gasteiger partial charge is 0.326 e. The van der Waals surface area contributed by atoms with Crippen LogP contribution in [-0.2, 0) is 0 Å². The molecular formula is C15H24N2S. The number of hydrogen-bond donors (Lipinski definition) is 1. The number of rotatable bonds is 7. The molecule has 3 rings (SSSR count). The molecule has 0 aromatic carbocycles. The van der Waals surface area contributed by atoms with Gasteiger partial charge in [0.25, 0.3) is 0 Å². The van der Waals surface area contributed by atoms with Crippen LogP contribution >= 0.6 is 11.3 Å². The third kappa shape index (κ3) is 3.14. The highest BCUT2D eigenvalue weighted by atomic mass is 32.1. The molecule has 2 fully saturated rings. The van der Waals surface area contributed by atoms with Crippen molar-refractivity contribution < 1.29 is 0 Å². The molecule has 0 bridgehead atoms. The third-order valence-electron chi connectivity index (χ3n) is 4.11. The molecule has 0 radical (unpaired) electrons. The molecule has 2 N–H and O–H groups in total. The average molecular weight is 264 g/mol. The van der Waals surface area contributed by atoms with Gasteiger partial charge in [0.15, 0.2) is 0 Å². The van der Waals surface area contributed by atoms with Gasteiger partial charge >= 0.3 is 0 Å². The summed E-state index contributed by atoms with van der Waals surface area (Å²) in [7, 11) is 0. The van der Waals surface area contributed by atoms with E-state index in [-0.39, 0.29) is 6.04 Å². The molecule has 3 heteroatoms. The fraction of sp³-hybridized carbons (Fsp3) is 0.733. The molecule has 0 amide bonds. The van der Waals surface area contributed by atoms with Gasteiger partial charge < -0.3 is 5.73 Å². The van der Waals surface area contributed by atoms with Crippen LogP contribution in [0.15, 0.2) is 17.5 Å². The van der Waals surface area contributed by atoms with Gasteiger partial charge in [-0.3, -0.25) is 4.90 Å². The van der Waals surface area contributed by atoms with Crippen LogP contribution in [-0.4, -0.2) is 24.0 Å². The summed E-state index contributed by atoms with van der Waals surface area (Å²) in [6.45, 7) is 4.69. The lowest BCUT2D eigenvalue weighted by molar-refractivity contribution is 0.164. The Morgan fingerprint density at radius 3 is 2.28 bits per heavy atom. The maximum absolute atomic E-state index is 6.29. The minimum atomic E-state index is 0.223. The quantitative estimate of drug-likeness (QED) is 0.819. The Bertz CT molecular complexity index is 352. The topological polar surface area (TPSA) is 29.3 Å². The van der Waals surface area contributed by atoms with Crippen LogP contribution in [0.2, 0.25) is 0 Å². The zero-order chi connectivity index (χ0) is 12.5. The van der Waals surface area contributed by atoms with Gasteiger partial charge in [-0.05, 0) is 55.9 Å². The minimum Gasteiger partial charge on any atom is -0.326 e. The Morgan fingerprint density at radius 2 is 1.89 bits per heavy atom. The summed E-state index contributed by atoms with van der Waals surface area (Å²) >= 11 is 1.86. The van der Waals surface area contributed by atoms with Crippen molar-refractivity contribution in [2.45, 2.75) is 44.7 Å². The second-order valence-electron chi connectivity index (χ2n) is 6.16. The fourth-order valence-electron chi connectivity index (χ4n) is 2.80. The molecule has 0 saturated heterocycles. The summed E-state index contributed by atoms with van der Waals surface area (Å²) in [5.74, 6) is 1.90. The van der Waals surface area contributed by atoms with Gasteiger partial charge in [-0.1, -0.05) is 6.07 Å². The molecule has 1 aromatic rings. The highest BCUT2D eigenvalue weighted by Crippen LogP contribution is 2.38. The summed E-state index contributed by atoms with van der Waals surface area (Å²) in [6.07, 6.45) is 5.71. The van der Waals surface area contributed by atoms with Gasteiger partial charge in [0.05, 0.1) is 6.04 Å². The van der Waals surface area contributed by atoms with E-state index in [2.05, 4.69) is 29.3 Å². The van der Waals surface area contributed by atoms with E-state index in [1.54, 1.807) is 0 Å². The molecule has 100 valence electrons. The van der Waals surface area contributed by atoms with E-state index >= 15 is 0 Å². The molecule has 1 heterocycles. The Morgan fingerprint density at radius 1 is 1.28 bits per heavy atom. The summed E-state index contributed by atoms with van der Waals surface area (Å²) < 4.78 is 0. The van der Waals surface area contributed by atoms with E-state index in [4.69, 9.17) is 5.73 Å². The monoisotopic (exact) mass is 264 g/mol. The summed E-state index contributed by atoms with van der Waals surface area (Å²) in [4.78, 5) is 4.14. The van der Waals surface area contributed by atoms with E-state index in [0.29, 0.717) is 6.04 Å². The Labute approximate surface area is 114 Å². The first-order valence-electron chi connectivity index (χ1n) is 7.27. The smallest absolute Gasteiger partial charge is 0.0590 e. The number of nitrogens with two attached hydrogens (primary N) is 1. The number of nitrogens with zero attached hydrogens (tertiary/aromatic N) is 1. The lowest BCUT2D eigenvalue weighted by Crippen LogP contribution is -2.41. The Balaban J connectivity index is 1.74. The average Bonchev–Trinajstić information content (AvgIpc) is 3.23. The van der Waals surface area contributed by atoms with E-state index < -0.39 is 0 Å². The summed E-state index contributed by atoms with van der Waals surface area (Å²) in [6, 6.07) is 5.07. The van der Waals surface area contributed by atoms with Crippen LogP contribution in [0.25, 0.3) is 0 Å². The molecule has 2 aliphatic carbocycles. The molecule has 1 aromatic heterocycles. The maximum atomic E-state index is 6.29. The van der Waals surface area contributed by atoms with Gasteiger partial charge in [-0.2, -0.15) is 0 Å². The summed E-state index contributed by atoms with van der Waals surface area (Å²) in [5, 5.41) is 2.18. The van der Waals surface area contributed by atoms with Crippen LogP contribution < -0.4 is 5.73 Å². The van der Waals surface area contributed by atoms with E-state index in [1.807, 2.05) is 11.3 Å². The van der Waals surface area contributed by atoms with Crippen molar-refractivity contribution in [3.8, 4) is 0 Å². The zero-order valence-corrected chi connectivity index (χ0v) is 12.0. The molecule has 2 unspecified atom stereocenters. The molecule has 2 nitrogen and oxygen atoms in total. The fourth-order valence-corrected chi connectivity index (χ4v) is 3.77. The lowest BCUT2D eigenvalue weighted by atomic mass is 10.1. The number of thiophene rings is 1. The Kier molecular flexibility index (Phi) is 3.73. The van der Waals surface area contributed by atoms with Crippen LogP contribution in [0.3, 0.4) is 0 Å². The van der Waals surface area contributed by atoms with Crippen molar-refractivity contribution in [2.75, 3.05) is 13.1 Å². The second-order valence-corrected chi connectivity index (χ2v) is 7.14. The highest BCUT2D eigenvalue weighted by molar-refractivity contribution is 7.10. The minimum absolute atomic E-state index is 0.223. The van der Waals surface area contributed by atoms with Crippen molar-refractivity contribution >= 4 is 11.3 Å². The van der Waals surface area contributed by atoms with E-state index in [1.165, 1.54) is 43.6 Å². The SMILES string of the molecule is CC(N)C(c1cccs1)N(CC1CC1)CC1CC1. The predicted octanol–water partition coefficient (Wildman–Crippen LogP) is 3.26. The molecular weight excluding hydrogens is 240 g/mol. The first kappa shape index (κ1) is 12.6. The standard InChI is InChI=1S/C15H24N2S/c1-11(16)15(14-3-2-8-18-14)17(9-12-4-5-12)10-13-6-7-13/h2-3,8,11-13,15H,4-7,9-10,16H2,1H3. The van der Waals surface area contributed by atoms with Crippen LogP contribution in [0.1, 0.15) is 43.5 Å². The van der Waals surface area contributed by atoms with Gasteiger partial charge in [0.2, 0.25) is 0 Å². The highest BCUT2D eigenvalue weighted by Gasteiger charge is 2.34. The lowest BCUT2D eigenvalue weighted by Gasteiger charge is -2.34. The second kappa shape index (κ2) is 5.32. The molecule has 0 spiro atoms. The van der Waals surface area contributed by atoms with Crippen molar-refractivity contribution in [3.63, 3.8) is 0 Å². The van der Waals surface area contributed by atoms with Crippen molar-refractivity contribution in [2.24, 2.45) is 17.6 Å². The number of hydrogen-bond acceptors (Lipinski definition) is 3. The molecule has 2 aliphatic rings. The first-order chi connectivity index (χ1) is 8.74. The van der Waals surface area contributed by atoms with Crippen LogP contribution in [0.4, 0.5) is 0 Å². The zero-order valence-electron chi connectivity index (χ0n) is 11.2.